The molecule has 4 aromatic rings. The standard InChI is InChI=1S/C20H10F6N4/c1-10-7-15(20(24,25)26)30-18(28-10)16-12(11-5-3-2-4-6-11)8-14(19(21,22)23)13(9-27)17(16)29-30/h2-8H,1H3. The molecule has 2 aromatic carbocycles. The lowest BCUT2D eigenvalue weighted by atomic mass is 9.95. The molecule has 0 saturated heterocycles. The van der Waals surface area contributed by atoms with Crippen molar-refractivity contribution >= 4 is 16.6 Å². The Bertz CT molecular complexity index is 1330. The van der Waals surface area contributed by atoms with Crippen molar-refractivity contribution in [2.24, 2.45) is 0 Å². The minimum absolute atomic E-state index is 0.00837. The zero-order chi connectivity index (χ0) is 21.8. The largest absolute Gasteiger partial charge is 0.433 e. The second kappa shape index (κ2) is 6.45. The summed E-state index contributed by atoms with van der Waals surface area (Å²) in [6.07, 6.45) is -9.74. The Morgan fingerprint density at radius 1 is 0.967 bits per heavy atom. The molecule has 0 atom stereocenters. The highest BCUT2D eigenvalue weighted by Gasteiger charge is 2.39. The van der Waals surface area contributed by atoms with Gasteiger partial charge in [-0.1, -0.05) is 30.3 Å². The maximum absolute atomic E-state index is 13.7. The molecule has 2 aromatic heterocycles. The van der Waals surface area contributed by atoms with Gasteiger partial charge in [0.05, 0.1) is 16.5 Å². The third kappa shape index (κ3) is 3.03. The molecule has 30 heavy (non-hydrogen) atoms. The molecule has 4 nitrogen and oxygen atoms in total. The lowest BCUT2D eigenvalue weighted by Gasteiger charge is -2.13. The van der Waals surface area contributed by atoms with Crippen molar-refractivity contribution in [1.29, 1.82) is 5.26 Å². The molecule has 0 aliphatic heterocycles. The van der Waals surface area contributed by atoms with Crippen LogP contribution in [-0.2, 0) is 12.4 Å². The smallest absolute Gasteiger partial charge is 0.233 e. The highest BCUT2D eigenvalue weighted by molar-refractivity contribution is 6.07. The molecule has 0 unspecified atom stereocenters. The van der Waals surface area contributed by atoms with Crippen molar-refractivity contribution in [2.45, 2.75) is 19.3 Å². The molecule has 2 heterocycles. The number of nitrogens with zero attached hydrogens (tertiary/aromatic N) is 4. The van der Waals surface area contributed by atoms with Gasteiger partial charge in [-0.2, -0.15) is 36.7 Å². The average molecular weight is 420 g/mol. The summed E-state index contributed by atoms with van der Waals surface area (Å²) in [4.78, 5) is 4.10. The van der Waals surface area contributed by atoms with Crippen LogP contribution in [0.5, 0.6) is 0 Å². The molecule has 0 aliphatic carbocycles. The quantitative estimate of drug-likeness (QED) is 0.368. The summed E-state index contributed by atoms with van der Waals surface area (Å²) in [7, 11) is 0. The number of aromatic nitrogens is 3. The zero-order valence-corrected chi connectivity index (χ0v) is 15.1. The second-order valence-corrected chi connectivity index (χ2v) is 6.56. The van der Waals surface area contributed by atoms with Crippen molar-refractivity contribution in [3.63, 3.8) is 0 Å². The summed E-state index contributed by atoms with van der Waals surface area (Å²) < 4.78 is 82.1. The van der Waals surface area contributed by atoms with E-state index in [0.29, 0.717) is 10.1 Å². The molecule has 0 aliphatic rings. The van der Waals surface area contributed by atoms with Crippen LogP contribution in [0.15, 0.2) is 42.5 Å². The zero-order valence-electron chi connectivity index (χ0n) is 15.1. The van der Waals surface area contributed by atoms with E-state index in [4.69, 9.17) is 0 Å². The third-order valence-corrected chi connectivity index (χ3v) is 4.57. The molecule has 0 spiro atoms. The fraction of sp³-hybridized carbons (Fsp3) is 0.150. The van der Waals surface area contributed by atoms with Crippen molar-refractivity contribution < 1.29 is 26.3 Å². The lowest BCUT2D eigenvalue weighted by Crippen LogP contribution is -2.13. The number of nitriles is 1. The first-order chi connectivity index (χ1) is 14.0. The molecule has 10 heteroatoms. The maximum Gasteiger partial charge on any atom is 0.433 e. The summed E-state index contributed by atoms with van der Waals surface area (Å²) in [5, 5.41) is 13.1. The van der Waals surface area contributed by atoms with E-state index >= 15 is 0 Å². The van der Waals surface area contributed by atoms with E-state index in [1.807, 2.05) is 0 Å². The average Bonchev–Trinajstić information content (AvgIpc) is 3.04. The topological polar surface area (TPSA) is 54.0 Å². The van der Waals surface area contributed by atoms with Crippen molar-refractivity contribution in [1.82, 2.24) is 14.6 Å². The van der Waals surface area contributed by atoms with Crippen LogP contribution < -0.4 is 0 Å². The Morgan fingerprint density at radius 3 is 2.20 bits per heavy atom. The predicted octanol–water partition coefficient (Wildman–Crippen LogP) is 5.77. The number of alkyl halides is 6. The molecule has 0 bridgehead atoms. The SMILES string of the molecule is Cc1cc(C(F)(F)F)n2nc3c(C#N)c(C(F)(F)F)cc(-c4ccccc4)c3c2n1. The summed E-state index contributed by atoms with van der Waals surface area (Å²) >= 11 is 0. The maximum atomic E-state index is 13.7. The fourth-order valence-corrected chi connectivity index (χ4v) is 3.36. The normalized spacial score (nSPS) is 12.5. The number of fused-ring (bicyclic) bond motifs is 3. The van der Waals surface area contributed by atoms with Crippen LogP contribution in [-0.4, -0.2) is 14.6 Å². The summed E-state index contributed by atoms with van der Waals surface area (Å²) in [5.41, 5.74) is -3.77. The van der Waals surface area contributed by atoms with Crippen LogP contribution in [0.3, 0.4) is 0 Å². The van der Waals surface area contributed by atoms with Crippen molar-refractivity contribution in [3.8, 4) is 17.2 Å². The Hall–Kier alpha value is -3.61. The number of benzene rings is 2. The highest BCUT2D eigenvalue weighted by Crippen LogP contribution is 2.42. The van der Waals surface area contributed by atoms with Crippen LogP contribution in [0.1, 0.15) is 22.5 Å². The van der Waals surface area contributed by atoms with Gasteiger partial charge in [0.15, 0.2) is 5.65 Å². The van der Waals surface area contributed by atoms with Gasteiger partial charge in [-0.25, -0.2) is 9.50 Å². The van der Waals surface area contributed by atoms with Crippen LogP contribution >= 0.6 is 0 Å². The molecular formula is C20H10F6N4. The number of aryl methyl sites for hydroxylation is 1. The molecule has 4 rings (SSSR count). The van der Waals surface area contributed by atoms with Gasteiger partial charge in [0, 0.05) is 5.69 Å². The fourth-order valence-electron chi connectivity index (χ4n) is 3.36. The first kappa shape index (κ1) is 19.7. The van der Waals surface area contributed by atoms with Gasteiger partial charge in [-0.3, -0.25) is 0 Å². The van der Waals surface area contributed by atoms with Gasteiger partial charge in [0.25, 0.3) is 0 Å². The lowest BCUT2D eigenvalue weighted by molar-refractivity contribution is -0.142. The van der Waals surface area contributed by atoms with E-state index < -0.39 is 34.7 Å². The molecule has 0 fully saturated rings. The van der Waals surface area contributed by atoms with Crippen LogP contribution in [0.4, 0.5) is 26.3 Å². The number of hydrogen-bond acceptors (Lipinski definition) is 3. The minimum Gasteiger partial charge on any atom is -0.233 e. The van der Waals surface area contributed by atoms with E-state index in [9.17, 15) is 31.6 Å². The predicted molar refractivity (Wildman–Crippen MR) is 95.4 cm³/mol. The Balaban J connectivity index is 2.29. The number of rotatable bonds is 1. The van der Waals surface area contributed by atoms with Crippen LogP contribution in [0.25, 0.3) is 27.7 Å². The minimum atomic E-state index is -4.91. The van der Waals surface area contributed by atoms with Gasteiger partial charge in [-0.05, 0) is 30.2 Å². The van der Waals surface area contributed by atoms with Gasteiger partial charge in [0.1, 0.15) is 17.3 Å². The van der Waals surface area contributed by atoms with E-state index in [1.165, 1.54) is 25.1 Å². The monoisotopic (exact) mass is 420 g/mol. The molecular weight excluding hydrogens is 410 g/mol. The van der Waals surface area contributed by atoms with Gasteiger partial charge >= 0.3 is 12.4 Å². The summed E-state index contributed by atoms with van der Waals surface area (Å²) in [6.45, 7) is 1.34. The molecule has 0 radical (unpaired) electrons. The third-order valence-electron chi connectivity index (χ3n) is 4.57. The Morgan fingerprint density at radius 2 is 1.63 bits per heavy atom. The highest BCUT2D eigenvalue weighted by atomic mass is 19.4. The molecule has 0 saturated carbocycles. The van der Waals surface area contributed by atoms with E-state index in [-0.39, 0.29) is 22.3 Å². The van der Waals surface area contributed by atoms with E-state index in [2.05, 4.69) is 10.1 Å². The second-order valence-electron chi connectivity index (χ2n) is 6.56. The van der Waals surface area contributed by atoms with Crippen molar-refractivity contribution in [2.75, 3.05) is 0 Å². The molecule has 152 valence electrons. The molecule has 0 N–H and O–H groups in total. The molecule has 0 amide bonds. The van der Waals surface area contributed by atoms with Gasteiger partial charge < -0.3 is 0 Å². The number of halogens is 6. The van der Waals surface area contributed by atoms with E-state index in [0.717, 1.165) is 12.1 Å². The van der Waals surface area contributed by atoms with Crippen LogP contribution in [0.2, 0.25) is 0 Å². The van der Waals surface area contributed by atoms with Gasteiger partial charge in [0.2, 0.25) is 0 Å². The Kier molecular flexibility index (Phi) is 4.23. The van der Waals surface area contributed by atoms with Crippen LogP contribution in [0, 0.1) is 18.3 Å². The summed E-state index contributed by atoms with van der Waals surface area (Å²) in [6, 6.07) is 10.8. The first-order valence-electron chi connectivity index (χ1n) is 8.49. The summed E-state index contributed by atoms with van der Waals surface area (Å²) in [5.74, 6) is 0. The van der Waals surface area contributed by atoms with Gasteiger partial charge in [-0.15, -0.1) is 0 Å². The number of hydrogen-bond donors (Lipinski definition) is 0. The van der Waals surface area contributed by atoms with Crippen molar-refractivity contribution in [3.05, 3.63) is 65.0 Å². The van der Waals surface area contributed by atoms with E-state index in [1.54, 1.807) is 18.2 Å². The first-order valence-corrected chi connectivity index (χ1v) is 8.49. The Labute approximate surface area is 165 Å².